The van der Waals surface area contributed by atoms with Crippen molar-refractivity contribution in [3.05, 3.63) is 23.3 Å². The second kappa shape index (κ2) is 3.14. The maximum atomic E-state index is 9.91. The lowest BCUT2D eigenvalue weighted by molar-refractivity contribution is 0.429. The van der Waals surface area contributed by atoms with E-state index in [1.54, 1.807) is 0 Å². The summed E-state index contributed by atoms with van der Waals surface area (Å²) < 4.78 is 0. The highest BCUT2D eigenvalue weighted by Gasteiger charge is 2.35. The van der Waals surface area contributed by atoms with Gasteiger partial charge in [-0.15, -0.1) is 0 Å². The Kier molecular flexibility index (Phi) is 1.89. The van der Waals surface area contributed by atoms with Gasteiger partial charge in [-0.2, -0.15) is 0 Å². The first-order chi connectivity index (χ1) is 7.27. The topological polar surface area (TPSA) is 58.3 Å². The number of fused-ring (bicyclic) bond motifs is 1. The van der Waals surface area contributed by atoms with Crippen LogP contribution in [0.1, 0.15) is 30.0 Å². The van der Waals surface area contributed by atoms with Crippen LogP contribution in [0.3, 0.4) is 0 Å². The van der Waals surface area contributed by atoms with Gasteiger partial charge >= 0.3 is 0 Å². The van der Waals surface area contributed by atoms with Crippen LogP contribution in [-0.4, -0.2) is 11.7 Å². The SMILES string of the molecule is Nc1ccc2c(c1O)CCNC2C1CC1. The van der Waals surface area contributed by atoms with Crippen LogP contribution in [0, 0.1) is 5.92 Å². The average molecular weight is 204 g/mol. The molecule has 1 fully saturated rings. The fraction of sp³-hybridized carbons (Fsp3) is 0.500. The molecule has 3 heteroatoms. The van der Waals surface area contributed by atoms with Gasteiger partial charge in [-0.3, -0.25) is 0 Å². The van der Waals surface area contributed by atoms with Crippen LogP contribution < -0.4 is 11.1 Å². The number of nitrogens with one attached hydrogen (secondary N) is 1. The molecule has 0 spiro atoms. The van der Waals surface area contributed by atoms with Gasteiger partial charge in [0.2, 0.25) is 0 Å². The Balaban J connectivity index is 2.07. The van der Waals surface area contributed by atoms with E-state index in [1.807, 2.05) is 6.07 Å². The second-order valence-electron chi connectivity index (χ2n) is 4.59. The minimum Gasteiger partial charge on any atom is -0.505 e. The lowest BCUT2D eigenvalue weighted by atomic mass is 9.90. The zero-order chi connectivity index (χ0) is 10.4. The lowest BCUT2D eigenvalue weighted by Gasteiger charge is -2.28. The number of nitrogens with two attached hydrogens (primary N) is 1. The molecule has 1 aliphatic carbocycles. The van der Waals surface area contributed by atoms with Crippen molar-refractivity contribution in [3.8, 4) is 5.75 Å². The fourth-order valence-electron chi connectivity index (χ4n) is 2.54. The van der Waals surface area contributed by atoms with E-state index in [0.717, 1.165) is 24.4 Å². The normalized spacial score (nSPS) is 24.9. The van der Waals surface area contributed by atoms with Gasteiger partial charge in [0.15, 0.2) is 0 Å². The number of hydrogen-bond donors (Lipinski definition) is 3. The Morgan fingerprint density at radius 2 is 2.13 bits per heavy atom. The van der Waals surface area contributed by atoms with E-state index in [2.05, 4.69) is 11.4 Å². The summed E-state index contributed by atoms with van der Waals surface area (Å²) in [6.07, 6.45) is 3.50. The summed E-state index contributed by atoms with van der Waals surface area (Å²) in [5, 5.41) is 13.4. The molecule has 1 atom stereocenters. The van der Waals surface area contributed by atoms with Crippen LogP contribution in [0.5, 0.6) is 5.75 Å². The Hall–Kier alpha value is -1.22. The van der Waals surface area contributed by atoms with Crippen LogP contribution in [0.15, 0.2) is 12.1 Å². The number of anilines is 1. The van der Waals surface area contributed by atoms with Gasteiger partial charge in [0.25, 0.3) is 0 Å². The standard InChI is InChI=1S/C12H16N2O/c13-10-4-3-8-9(12(10)15)5-6-14-11(8)7-1-2-7/h3-4,7,11,14-15H,1-2,5-6,13H2. The summed E-state index contributed by atoms with van der Waals surface area (Å²) in [5.41, 5.74) is 8.54. The average Bonchev–Trinajstić information content (AvgIpc) is 3.07. The van der Waals surface area contributed by atoms with Crippen LogP contribution in [0.2, 0.25) is 0 Å². The highest BCUT2D eigenvalue weighted by Crippen LogP contribution is 2.45. The molecule has 0 saturated heterocycles. The molecule has 3 rings (SSSR count). The number of phenolic OH excluding ortho intramolecular Hbond substituents is 1. The molecule has 1 aromatic carbocycles. The van der Waals surface area contributed by atoms with Gasteiger partial charge in [-0.25, -0.2) is 0 Å². The Labute approximate surface area is 89.3 Å². The monoisotopic (exact) mass is 204 g/mol. The maximum absolute atomic E-state index is 9.91. The van der Waals surface area contributed by atoms with Gasteiger partial charge in [-0.05, 0) is 43.4 Å². The minimum absolute atomic E-state index is 0.305. The molecule has 1 heterocycles. The van der Waals surface area contributed by atoms with Crippen molar-refractivity contribution in [1.29, 1.82) is 0 Å². The van der Waals surface area contributed by atoms with Crippen molar-refractivity contribution >= 4 is 5.69 Å². The third kappa shape index (κ3) is 1.38. The van der Waals surface area contributed by atoms with Gasteiger partial charge < -0.3 is 16.2 Å². The van der Waals surface area contributed by atoms with Crippen molar-refractivity contribution in [2.75, 3.05) is 12.3 Å². The molecule has 1 saturated carbocycles. The second-order valence-corrected chi connectivity index (χ2v) is 4.59. The fourth-order valence-corrected chi connectivity index (χ4v) is 2.54. The van der Waals surface area contributed by atoms with Gasteiger partial charge in [0, 0.05) is 11.6 Å². The smallest absolute Gasteiger partial charge is 0.142 e. The van der Waals surface area contributed by atoms with E-state index in [0.29, 0.717) is 17.5 Å². The number of phenols is 1. The molecule has 0 bridgehead atoms. The van der Waals surface area contributed by atoms with E-state index in [9.17, 15) is 5.11 Å². The van der Waals surface area contributed by atoms with Crippen LogP contribution in [-0.2, 0) is 6.42 Å². The van der Waals surface area contributed by atoms with Crippen molar-refractivity contribution in [2.24, 2.45) is 5.92 Å². The first-order valence-electron chi connectivity index (χ1n) is 5.61. The molecule has 2 aliphatic rings. The number of hydrogen-bond acceptors (Lipinski definition) is 3. The molecule has 80 valence electrons. The number of nitrogen functional groups attached to an aromatic ring is 1. The summed E-state index contributed by atoms with van der Waals surface area (Å²) in [6, 6.07) is 4.33. The van der Waals surface area contributed by atoms with E-state index in [1.165, 1.54) is 18.4 Å². The highest BCUT2D eigenvalue weighted by molar-refractivity contribution is 5.60. The molecule has 0 amide bonds. The predicted molar refractivity (Wildman–Crippen MR) is 59.7 cm³/mol. The summed E-state index contributed by atoms with van der Waals surface area (Å²) >= 11 is 0. The van der Waals surface area contributed by atoms with Crippen molar-refractivity contribution < 1.29 is 5.11 Å². The van der Waals surface area contributed by atoms with Gasteiger partial charge in [-0.1, -0.05) is 6.07 Å². The lowest BCUT2D eigenvalue weighted by Crippen LogP contribution is -2.31. The van der Waals surface area contributed by atoms with Crippen molar-refractivity contribution in [1.82, 2.24) is 5.32 Å². The Morgan fingerprint density at radius 3 is 2.87 bits per heavy atom. The van der Waals surface area contributed by atoms with Crippen molar-refractivity contribution in [2.45, 2.75) is 25.3 Å². The first kappa shape index (κ1) is 9.04. The maximum Gasteiger partial charge on any atom is 0.142 e. The molecule has 0 aromatic heterocycles. The number of aromatic hydroxyl groups is 1. The Bertz CT molecular complexity index is 399. The molecule has 15 heavy (non-hydrogen) atoms. The molecule has 0 radical (unpaired) electrons. The third-order valence-electron chi connectivity index (χ3n) is 3.52. The van der Waals surface area contributed by atoms with Crippen LogP contribution in [0.25, 0.3) is 0 Å². The van der Waals surface area contributed by atoms with Gasteiger partial charge in [0.1, 0.15) is 5.75 Å². The van der Waals surface area contributed by atoms with Crippen LogP contribution >= 0.6 is 0 Å². The number of benzene rings is 1. The highest BCUT2D eigenvalue weighted by atomic mass is 16.3. The minimum atomic E-state index is 0.305. The molecular weight excluding hydrogens is 188 g/mol. The molecule has 4 N–H and O–H groups in total. The summed E-state index contributed by atoms with van der Waals surface area (Å²) in [7, 11) is 0. The molecule has 1 unspecified atom stereocenters. The predicted octanol–water partition coefficient (Wildman–Crippen LogP) is 1.57. The molecular formula is C12H16N2O. The zero-order valence-corrected chi connectivity index (χ0v) is 8.66. The summed E-state index contributed by atoms with van der Waals surface area (Å²) in [6.45, 7) is 0.950. The summed E-state index contributed by atoms with van der Waals surface area (Å²) in [5.74, 6) is 1.08. The van der Waals surface area contributed by atoms with Crippen molar-refractivity contribution in [3.63, 3.8) is 0 Å². The van der Waals surface area contributed by atoms with E-state index >= 15 is 0 Å². The van der Waals surface area contributed by atoms with Crippen LogP contribution in [0.4, 0.5) is 5.69 Å². The quantitative estimate of drug-likeness (QED) is 0.481. The third-order valence-corrected chi connectivity index (χ3v) is 3.52. The summed E-state index contributed by atoms with van der Waals surface area (Å²) in [4.78, 5) is 0. The molecule has 1 aromatic rings. The number of rotatable bonds is 1. The molecule has 3 nitrogen and oxygen atoms in total. The van der Waals surface area contributed by atoms with E-state index in [4.69, 9.17) is 5.73 Å². The van der Waals surface area contributed by atoms with E-state index < -0.39 is 0 Å². The molecule has 1 aliphatic heterocycles. The zero-order valence-electron chi connectivity index (χ0n) is 8.66. The van der Waals surface area contributed by atoms with Gasteiger partial charge in [0.05, 0.1) is 5.69 Å². The largest absolute Gasteiger partial charge is 0.505 e. The van der Waals surface area contributed by atoms with E-state index in [-0.39, 0.29) is 0 Å². The Morgan fingerprint density at radius 1 is 1.33 bits per heavy atom. The first-order valence-corrected chi connectivity index (χ1v) is 5.61.